The van der Waals surface area contributed by atoms with Crippen molar-refractivity contribution in [1.29, 1.82) is 0 Å². The Bertz CT molecular complexity index is 582. The average Bonchev–Trinajstić information content (AvgIpc) is 2.68. The fraction of sp³-hybridized carbons (Fsp3) is 0.182. The Hall–Kier alpha value is -1.59. The highest BCUT2D eigenvalue weighted by molar-refractivity contribution is 6.35. The van der Waals surface area contributed by atoms with E-state index in [4.69, 9.17) is 22.4 Å². The first kappa shape index (κ1) is 11.9. The highest BCUT2D eigenvalue weighted by Gasteiger charge is 2.17. The third-order valence-corrected chi connectivity index (χ3v) is 2.89. The van der Waals surface area contributed by atoms with Gasteiger partial charge in [0.25, 0.3) is 0 Å². The van der Waals surface area contributed by atoms with E-state index in [0.717, 1.165) is 0 Å². The first-order chi connectivity index (χ1) is 8.00. The molecular formula is C11H10ClFN2O2. The monoisotopic (exact) mass is 256 g/mol. The zero-order valence-electron chi connectivity index (χ0n) is 8.71. The SMILES string of the molecule is N[C@@H](Cc1c[nH]c2c(Cl)ccc(F)c12)C(=O)O. The molecule has 6 heteroatoms. The smallest absolute Gasteiger partial charge is 0.320 e. The van der Waals surface area contributed by atoms with E-state index in [1.54, 1.807) is 0 Å². The highest BCUT2D eigenvalue weighted by atomic mass is 35.5. The average molecular weight is 257 g/mol. The molecule has 1 heterocycles. The Morgan fingerprint density at radius 3 is 2.94 bits per heavy atom. The number of carboxylic acid groups (broad SMARTS) is 1. The number of hydrogen-bond donors (Lipinski definition) is 3. The summed E-state index contributed by atoms with van der Waals surface area (Å²) in [6.45, 7) is 0. The molecule has 0 saturated heterocycles. The van der Waals surface area contributed by atoms with E-state index in [1.165, 1.54) is 18.3 Å². The molecule has 17 heavy (non-hydrogen) atoms. The molecule has 1 atom stereocenters. The van der Waals surface area contributed by atoms with Crippen LogP contribution in [0.1, 0.15) is 5.56 Å². The lowest BCUT2D eigenvalue weighted by atomic mass is 10.1. The predicted molar refractivity (Wildman–Crippen MR) is 62.6 cm³/mol. The Morgan fingerprint density at radius 2 is 2.29 bits per heavy atom. The maximum Gasteiger partial charge on any atom is 0.320 e. The van der Waals surface area contributed by atoms with Crippen LogP contribution in [0, 0.1) is 5.82 Å². The molecule has 0 bridgehead atoms. The van der Waals surface area contributed by atoms with Crippen LogP contribution in [-0.4, -0.2) is 22.1 Å². The van der Waals surface area contributed by atoms with Crippen molar-refractivity contribution in [3.63, 3.8) is 0 Å². The number of carbonyl (C=O) groups is 1. The molecule has 2 rings (SSSR count). The van der Waals surface area contributed by atoms with E-state index in [9.17, 15) is 9.18 Å². The summed E-state index contributed by atoms with van der Waals surface area (Å²) < 4.78 is 13.6. The van der Waals surface area contributed by atoms with Crippen LogP contribution in [0.2, 0.25) is 5.02 Å². The second-order valence-corrected chi connectivity index (χ2v) is 4.15. The molecule has 0 aliphatic heterocycles. The molecule has 0 saturated carbocycles. The van der Waals surface area contributed by atoms with Gasteiger partial charge in [-0.2, -0.15) is 0 Å². The van der Waals surface area contributed by atoms with E-state index >= 15 is 0 Å². The Kier molecular flexibility index (Phi) is 3.04. The molecule has 0 aliphatic rings. The summed E-state index contributed by atoms with van der Waals surface area (Å²) in [6, 6.07) is 1.62. The molecule has 4 N–H and O–H groups in total. The van der Waals surface area contributed by atoms with Crippen LogP contribution in [0.5, 0.6) is 0 Å². The van der Waals surface area contributed by atoms with Crippen molar-refractivity contribution in [2.45, 2.75) is 12.5 Å². The zero-order chi connectivity index (χ0) is 12.6. The fourth-order valence-corrected chi connectivity index (χ4v) is 1.94. The van der Waals surface area contributed by atoms with Crippen LogP contribution in [0.4, 0.5) is 4.39 Å². The lowest BCUT2D eigenvalue weighted by Gasteiger charge is -2.05. The molecule has 1 aromatic carbocycles. The van der Waals surface area contributed by atoms with E-state index in [1.807, 2.05) is 0 Å². The van der Waals surface area contributed by atoms with Gasteiger partial charge in [0.05, 0.1) is 10.5 Å². The van der Waals surface area contributed by atoms with Crippen molar-refractivity contribution >= 4 is 28.5 Å². The van der Waals surface area contributed by atoms with E-state index in [0.29, 0.717) is 21.5 Å². The lowest BCUT2D eigenvalue weighted by molar-refractivity contribution is -0.138. The number of benzene rings is 1. The standard InChI is InChI=1S/C11H10ClFN2O2/c12-6-1-2-7(13)9-5(4-15-10(6)9)3-8(14)11(16)17/h1-2,4,8,15H,3,14H2,(H,16,17)/t8-/m0/s1. The number of halogens is 2. The number of aliphatic carboxylic acids is 1. The maximum absolute atomic E-state index is 13.6. The number of aromatic amines is 1. The quantitative estimate of drug-likeness (QED) is 0.785. The van der Waals surface area contributed by atoms with Gasteiger partial charge in [0.15, 0.2) is 0 Å². The van der Waals surface area contributed by atoms with Crippen molar-refractivity contribution in [2.75, 3.05) is 0 Å². The predicted octanol–water partition coefficient (Wildman–Crippen LogP) is 1.91. The van der Waals surface area contributed by atoms with Gasteiger partial charge >= 0.3 is 5.97 Å². The molecular weight excluding hydrogens is 247 g/mol. The fourth-order valence-electron chi connectivity index (χ4n) is 1.72. The van der Waals surface area contributed by atoms with Gasteiger partial charge in [-0.25, -0.2) is 4.39 Å². The van der Waals surface area contributed by atoms with Gasteiger partial charge < -0.3 is 15.8 Å². The first-order valence-corrected chi connectivity index (χ1v) is 5.31. The number of H-pyrrole nitrogens is 1. The number of hydrogen-bond acceptors (Lipinski definition) is 2. The van der Waals surface area contributed by atoms with E-state index < -0.39 is 17.8 Å². The Morgan fingerprint density at radius 1 is 1.59 bits per heavy atom. The van der Waals surface area contributed by atoms with Crippen LogP contribution in [0.15, 0.2) is 18.3 Å². The number of nitrogens with one attached hydrogen (secondary N) is 1. The molecule has 2 aromatic rings. The second-order valence-electron chi connectivity index (χ2n) is 3.74. The lowest BCUT2D eigenvalue weighted by Crippen LogP contribution is -2.32. The number of fused-ring (bicyclic) bond motifs is 1. The van der Waals surface area contributed by atoms with Crippen LogP contribution in [-0.2, 0) is 11.2 Å². The minimum Gasteiger partial charge on any atom is -0.480 e. The van der Waals surface area contributed by atoms with Crippen molar-refractivity contribution in [2.24, 2.45) is 5.73 Å². The molecule has 4 nitrogen and oxygen atoms in total. The molecule has 0 radical (unpaired) electrons. The minimum absolute atomic E-state index is 0.0482. The number of nitrogens with two attached hydrogens (primary N) is 1. The third kappa shape index (κ3) is 2.11. The second kappa shape index (κ2) is 4.35. The van der Waals surface area contributed by atoms with Crippen molar-refractivity contribution in [3.8, 4) is 0 Å². The number of rotatable bonds is 3. The summed E-state index contributed by atoms with van der Waals surface area (Å²) in [7, 11) is 0. The third-order valence-electron chi connectivity index (χ3n) is 2.57. The molecule has 0 fully saturated rings. The van der Waals surface area contributed by atoms with Crippen molar-refractivity contribution in [1.82, 2.24) is 4.98 Å². The van der Waals surface area contributed by atoms with Crippen LogP contribution in [0.3, 0.4) is 0 Å². The van der Waals surface area contributed by atoms with Crippen LogP contribution in [0.25, 0.3) is 10.9 Å². The van der Waals surface area contributed by atoms with Crippen molar-refractivity contribution < 1.29 is 14.3 Å². The van der Waals surface area contributed by atoms with Gasteiger partial charge in [-0.05, 0) is 17.7 Å². The van der Waals surface area contributed by atoms with Crippen molar-refractivity contribution in [3.05, 3.63) is 34.7 Å². The topological polar surface area (TPSA) is 79.1 Å². The summed E-state index contributed by atoms with van der Waals surface area (Å²) >= 11 is 5.90. The van der Waals surface area contributed by atoms with Gasteiger partial charge in [-0.1, -0.05) is 11.6 Å². The largest absolute Gasteiger partial charge is 0.480 e. The molecule has 0 spiro atoms. The van der Waals surface area contributed by atoms with Gasteiger partial charge in [0.2, 0.25) is 0 Å². The van der Waals surface area contributed by atoms with E-state index in [2.05, 4.69) is 4.98 Å². The number of carboxylic acids is 1. The maximum atomic E-state index is 13.6. The molecule has 90 valence electrons. The summed E-state index contributed by atoms with van der Waals surface area (Å²) in [4.78, 5) is 13.5. The van der Waals surface area contributed by atoms with Gasteiger partial charge in [-0.15, -0.1) is 0 Å². The minimum atomic E-state index is -1.12. The van der Waals surface area contributed by atoms with Gasteiger partial charge in [-0.3, -0.25) is 4.79 Å². The summed E-state index contributed by atoms with van der Waals surface area (Å²) in [5, 5.41) is 9.41. The summed E-state index contributed by atoms with van der Waals surface area (Å²) in [5.74, 6) is -1.57. The summed E-state index contributed by atoms with van der Waals surface area (Å²) in [6.07, 6.45) is 1.58. The molecule has 0 aliphatic carbocycles. The molecule has 1 aromatic heterocycles. The van der Waals surface area contributed by atoms with Crippen LogP contribution >= 0.6 is 11.6 Å². The number of aromatic nitrogens is 1. The normalized spacial score (nSPS) is 12.9. The first-order valence-electron chi connectivity index (χ1n) is 4.93. The molecule has 0 amide bonds. The van der Waals surface area contributed by atoms with Crippen LogP contribution < -0.4 is 5.73 Å². The summed E-state index contributed by atoms with van der Waals surface area (Å²) in [5.41, 5.74) is 6.38. The van der Waals surface area contributed by atoms with E-state index in [-0.39, 0.29) is 6.42 Å². The molecule has 0 unspecified atom stereocenters. The highest BCUT2D eigenvalue weighted by Crippen LogP contribution is 2.28. The Balaban J connectivity index is 2.49. The Labute approximate surface area is 101 Å². The zero-order valence-corrected chi connectivity index (χ0v) is 9.46. The van der Waals surface area contributed by atoms with Gasteiger partial charge in [0, 0.05) is 18.0 Å². The van der Waals surface area contributed by atoms with Gasteiger partial charge in [0.1, 0.15) is 11.9 Å².